The van der Waals surface area contributed by atoms with Crippen molar-refractivity contribution in [3.8, 4) is 6.01 Å². The molecule has 0 aliphatic heterocycles. The highest BCUT2D eigenvalue weighted by atomic mass is 16.5. The van der Waals surface area contributed by atoms with E-state index in [0.29, 0.717) is 19.2 Å². The number of nitrogens with zero attached hydrogens (tertiary/aromatic N) is 3. The summed E-state index contributed by atoms with van der Waals surface area (Å²) in [5.41, 5.74) is 7.26. The van der Waals surface area contributed by atoms with Crippen molar-refractivity contribution in [2.75, 3.05) is 26.2 Å². The van der Waals surface area contributed by atoms with Gasteiger partial charge in [0.05, 0.1) is 5.69 Å². The van der Waals surface area contributed by atoms with E-state index in [1.165, 1.54) is 0 Å². The maximum Gasteiger partial charge on any atom is 0.316 e. The Bertz CT molecular complexity index is 339. The monoisotopic (exact) mass is 238 g/mol. The SMILES string of the molecule is CCN(CC)CCOc1nc(C)cc(CN)n1. The number of hydrogen-bond donors (Lipinski definition) is 1. The Morgan fingerprint density at radius 3 is 2.59 bits per heavy atom. The Morgan fingerprint density at radius 1 is 1.29 bits per heavy atom. The predicted octanol–water partition coefficient (Wildman–Crippen LogP) is 0.964. The molecule has 0 atom stereocenters. The van der Waals surface area contributed by atoms with Crippen LogP contribution >= 0.6 is 0 Å². The highest BCUT2D eigenvalue weighted by Crippen LogP contribution is 2.06. The number of rotatable bonds is 7. The summed E-state index contributed by atoms with van der Waals surface area (Å²) >= 11 is 0. The van der Waals surface area contributed by atoms with Gasteiger partial charge >= 0.3 is 6.01 Å². The van der Waals surface area contributed by atoms with Crippen molar-refractivity contribution in [2.45, 2.75) is 27.3 Å². The normalized spacial score (nSPS) is 10.9. The molecule has 0 saturated carbocycles. The van der Waals surface area contributed by atoms with Crippen molar-refractivity contribution in [1.82, 2.24) is 14.9 Å². The summed E-state index contributed by atoms with van der Waals surface area (Å²) in [6, 6.07) is 2.30. The minimum absolute atomic E-state index is 0.412. The van der Waals surface area contributed by atoms with Crippen LogP contribution in [0, 0.1) is 6.92 Å². The lowest BCUT2D eigenvalue weighted by atomic mass is 10.3. The van der Waals surface area contributed by atoms with Crippen molar-refractivity contribution >= 4 is 0 Å². The molecule has 17 heavy (non-hydrogen) atoms. The molecule has 96 valence electrons. The fraction of sp³-hybridized carbons (Fsp3) is 0.667. The lowest BCUT2D eigenvalue weighted by Crippen LogP contribution is -2.28. The lowest BCUT2D eigenvalue weighted by Gasteiger charge is -2.17. The Morgan fingerprint density at radius 2 is 2.00 bits per heavy atom. The molecular weight excluding hydrogens is 216 g/mol. The number of likely N-dealkylation sites (N-methyl/N-ethyl adjacent to an activating group) is 1. The molecule has 0 aliphatic carbocycles. The van der Waals surface area contributed by atoms with Gasteiger partial charge in [0.1, 0.15) is 6.61 Å². The van der Waals surface area contributed by atoms with Crippen LogP contribution in [0.4, 0.5) is 0 Å². The zero-order valence-corrected chi connectivity index (χ0v) is 10.9. The molecule has 0 amide bonds. The highest BCUT2D eigenvalue weighted by Gasteiger charge is 2.03. The minimum Gasteiger partial charge on any atom is -0.462 e. The second-order valence-corrected chi connectivity index (χ2v) is 3.86. The van der Waals surface area contributed by atoms with Gasteiger partial charge in [-0.1, -0.05) is 13.8 Å². The molecule has 0 fully saturated rings. The van der Waals surface area contributed by atoms with Gasteiger partial charge in [-0.05, 0) is 26.1 Å². The van der Waals surface area contributed by atoms with E-state index in [9.17, 15) is 0 Å². The average molecular weight is 238 g/mol. The van der Waals surface area contributed by atoms with Crippen molar-refractivity contribution in [2.24, 2.45) is 5.73 Å². The zero-order chi connectivity index (χ0) is 12.7. The maximum atomic E-state index is 5.55. The third-order valence-electron chi connectivity index (χ3n) is 2.63. The van der Waals surface area contributed by atoms with Gasteiger partial charge in [-0.2, -0.15) is 4.98 Å². The molecule has 1 aromatic heterocycles. The first-order valence-corrected chi connectivity index (χ1v) is 6.09. The predicted molar refractivity (Wildman–Crippen MR) is 67.9 cm³/mol. The van der Waals surface area contributed by atoms with Gasteiger partial charge < -0.3 is 15.4 Å². The topological polar surface area (TPSA) is 64.3 Å². The first-order valence-electron chi connectivity index (χ1n) is 6.09. The second-order valence-electron chi connectivity index (χ2n) is 3.86. The van der Waals surface area contributed by atoms with E-state index in [1.807, 2.05) is 13.0 Å². The lowest BCUT2D eigenvalue weighted by molar-refractivity contribution is 0.211. The third-order valence-corrected chi connectivity index (χ3v) is 2.63. The molecule has 0 aromatic carbocycles. The van der Waals surface area contributed by atoms with Gasteiger partial charge in [0, 0.05) is 18.8 Å². The van der Waals surface area contributed by atoms with E-state index in [1.54, 1.807) is 0 Å². The van der Waals surface area contributed by atoms with Crippen LogP contribution in [-0.4, -0.2) is 41.1 Å². The largest absolute Gasteiger partial charge is 0.462 e. The van der Waals surface area contributed by atoms with E-state index in [-0.39, 0.29) is 0 Å². The van der Waals surface area contributed by atoms with Crippen LogP contribution in [0.15, 0.2) is 6.07 Å². The smallest absolute Gasteiger partial charge is 0.316 e. The Labute approximate surface area is 103 Å². The van der Waals surface area contributed by atoms with E-state index >= 15 is 0 Å². The van der Waals surface area contributed by atoms with Crippen molar-refractivity contribution in [3.05, 3.63) is 17.5 Å². The molecule has 5 heteroatoms. The van der Waals surface area contributed by atoms with Crippen molar-refractivity contribution < 1.29 is 4.74 Å². The van der Waals surface area contributed by atoms with Crippen LogP contribution in [0.3, 0.4) is 0 Å². The van der Waals surface area contributed by atoms with Gasteiger partial charge in [0.2, 0.25) is 0 Å². The number of ether oxygens (including phenoxy) is 1. The van der Waals surface area contributed by atoms with E-state index < -0.39 is 0 Å². The van der Waals surface area contributed by atoms with Gasteiger partial charge in [-0.15, -0.1) is 0 Å². The Hall–Kier alpha value is -1.20. The first kappa shape index (κ1) is 13.9. The molecular formula is C12H22N4O. The molecule has 0 radical (unpaired) electrons. The summed E-state index contributed by atoms with van der Waals surface area (Å²) in [5, 5.41) is 0. The fourth-order valence-corrected chi connectivity index (χ4v) is 1.58. The second kappa shape index (κ2) is 7.19. The molecule has 0 bridgehead atoms. The van der Waals surface area contributed by atoms with E-state index in [2.05, 4.69) is 28.7 Å². The molecule has 1 heterocycles. The maximum absolute atomic E-state index is 5.55. The van der Waals surface area contributed by atoms with Crippen LogP contribution in [0.1, 0.15) is 25.2 Å². The molecule has 0 aliphatic rings. The Kier molecular flexibility index (Phi) is 5.86. The number of hydrogen-bond acceptors (Lipinski definition) is 5. The van der Waals surface area contributed by atoms with Crippen LogP contribution in [0.5, 0.6) is 6.01 Å². The standard InChI is InChI=1S/C12H22N4O/c1-4-16(5-2)6-7-17-12-14-10(3)8-11(9-13)15-12/h8H,4-7,9,13H2,1-3H3. The zero-order valence-electron chi connectivity index (χ0n) is 10.9. The fourth-order valence-electron chi connectivity index (χ4n) is 1.58. The molecule has 1 rings (SSSR count). The van der Waals surface area contributed by atoms with Crippen LogP contribution in [0.25, 0.3) is 0 Å². The summed E-state index contributed by atoms with van der Waals surface area (Å²) < 4.78 is 5.54. The number of aryl methyl sites for hydroxylation is 1. The average Bonchev–Trinajstić information content (AvgIpc) is 2.34. The molecule has 0 saturated heterocycles. The Balaban J connectivity index is 2.48. The molecule has 0 unspecified atom stereocenters. The van der Waals surface area contributed by atoms with Crippen molar-refractivity contribution in [3.63, 3.8) is 0 Å². The van der Waals surface area contributed by atoms with E-state index in [0.717, 1.165) is 31.0 Å². The highest BCUT2D eigenvalue weighted by molar-refractivity contribution is 5.12. The van der Waals surface area contributed by atoms with Crippen molar-refractivity contribution in [1.29, 1.82) is 0 Å². The summed E-state index contributed by atoms with van der Waals surface area (Å²) in [5.74, 6) is 0. The number of nitrogens with two attached hydrogens (primary N) is 1. The van der Waals surface area contributed by atoms with Gasteiger partial charge in [0.15, 0.2) is 0 Å². The minimum atomic E-state index is 0.412. The van der Waals surface area contributed by atoms with E-state index in [4.69, 9.17) is 10.5 Å². The quantitative estimate of drug-likeness (QED) is 0.766. The van der Waals surface area contributed by atoms with Gasteiger partial charge in [-0.3, -0.25) is 0 Å². The summed E-state index contributed by atoms with van der Waals surface area (Å²) in [4.78, 5) is 10.7. The number of aromatic nitrogens is 2. The van der Waals surface area contributed by atoms with Crippen LogP contribution < -0.4 is 10.5 Å². The van der Waals surface area contributed by atoms with Gasteiger partial charge in [-0.25, -0.2) is 4.98 Å². The molecule has 5 nitrogen and oxygen atoms in total. The summed E-state index contributed by atoms with van der Waals surface area (Å²) in [6.45, 7) is 10.2. The summed E-state index contributed by atoms with van der Waals surface area (Å²) in [6.07, 6.45) is 0. The summed E-state index contributed by atoms with van der Waals surface area (Å²) in [7, 11) is 0. The third kappa shape index (κ3) is 4.66. The first-order chi connectivity index (χ1) is 8.19. The molecule has 2 N–H and O–H groups in total. The van der Waals surface area contributed by atoms with Crippen LogP contribution in [0.2, 0.25) is 0 Å². The molecule has 1 aromatic rings. The van der Waals surface area contributed by atoms with Crippen LogP contribution in [-0.2, 0) is 6.54 Å². The molecule has 0 spiro atoms. The van der Waals surface area contributed by atoms with Gasteiger partial charge in [0.25, 0.3) is 0 Å².